The second-order valence-electron chi connectivity index (χ2n) is 4.58. The first kappa shape index (κ1) is 16.4. The highest BCUT2D eigenvalue weighted by Crippen LogP contribution is 2.10. The number of aliphatic hydroxyl groups is 1. The Morgan fingerprint density at radius 3 is 2.06 bits per heavy atom. The Morgan fingerprint density at radius 2 is 1.53 bits per heavy atom. The van der Waals surface area contributed by atoms with Gasteiger partial charge in [-0.3, -0.25) is 4.79 Å². The summed E-state index contributed by atoms with van der Waals surface area (Å²) in [7, 11) is 0. The van der Waals surface area contributed by atoms with Gasteiger partial charge in [0.25, 0.3) is 5.91 Å². The fourth-order valence-corrected chi connectivity index (χ4v) is 1.99. The third-order valence-corrected chi connectivity index (χ3v) is 3.19. The number of carbonyl (C=O) groups is 1. The Balaban J connectivity index is 3.63. The lowest BCUT2D eigenvalue weighted by Gasteiger charge is -2.21. The second-order valence-corrected chi connectivity index (χ2v) is 4.58. The largest absolute Gasteiger partial charge is 0.383 e. The highest BCUT2D eigenvalue weighted by atomic mass is 16.3. The third-order valence-electron chi connectivity index (χ3n) is 3.19. The van der Waals surface area contributed by atoms with Crippen LogP contribution in [0.4, 0.5) is 0 Å². The molecule has 0 fully saturated rings. The van der Waals surface area contributed by atoms with Crippen molar-refractivity contribution < 1.29 is 9.90 Å². The monoisotopic (exact) mass is 243 g/mol. The Bertz CT molecular complexity index is 191. The van der Waals surface area contributed by atoms with Crippen molar-refractivity contribution in [2.24, 2.45) is 0 Å². The van der Waals surface area contributed by atoms with E-state index in [1.807, 2.05) is 13.8 Å². The van der Waals surface area contributed by atoms with Crippen LogP contribution in [0.2, 0.25) is 0 Å². The molecular formula is C14H29NO2. The summed E-state index contributed by atoms with van der Waals surface area (Å²) in [6.45, 7) is 7.45. The van der Waals surface area contributed by atoms with Gasteiger partial charge in [0.15, 0.2) is 0 Å². The van der Waals surface area contributed by atoms with Crippen molar-refractivity contribution in [1.29, 1.82) is 0 Å². The number of nitrogens with zero attached hydrogens (tertiary/aromatic N) is 1. The molecule has 0 aliphatic carbocycles. The van der Waals surface area contributed by atoms with E-state index >= 15 is 0 Å². The number of unbranched alkanes of at least 4 members (excludes halogenated alkanes) is 5. The Morgan fingerprint density at radius 1 is 1.00 bits per heavy atom. The van der Waals surface area contributed by atoms with Crippen molar-refractivity contribution in [3.63, 3.8) is 0 Å². The van der Waals surface area contributed by atoms with Crippen molar-refractivity contribution in [2.75, 3.05) is 13.1 Å². The standard InChI is InChI=1S/C14H29NO2/c1-4-7-8-9-10-11-12-13(16)14(17)15(5-2)6-3/h13,16H,4-12H2,1-3H3. The van der Waals surface area contributed by atoms with Gasteiger partial charge in [-0.1, -0.05) is 45.4 Å². The predicted octanol–water partition coefficient (Wildman–Crippen LogP) is 2.97. The molecule has 0 spiro atoms. The summed E-state index contributed by atoms with van der Waals surface area (Å²) in [5.41, 5.74) is 0. The summed E-state index contributed by atoms with van der Waals surface area (Å²) in [5, 5.41) is 9.76. The number of likely N-dealkylation sites (N-methyl/N-ethyl adjacent to an activating group) is 1. The number of carbonyl (C=O) groups excluding carboxylic acids is 1. The summed E-state index contributed by atoms with van der Waals surface area (Å²) in [5.74, 6) is -0.108. The summed E-state index contributed by atoms with van der Waals surface area (Å²) < 4.78 is 0. The van der Waals surface area contributed by atoms with Gasteiger partial charge >= 0.3 is 0 Å². The van der Waals surface area contributed by atoms with Gasteiger partial charge in [0, 0.05) is 13.1 Å². The zero-order chi connectivity index (χ0) is 13.1. The lowest BCUT2D eigenvalue weighted by Crippen LogP contribution is -2.38. The first-order valence-electron chi connectivity index (χ1n) is 7.14. The van der Waals surface area contributed by atoms with E-state index < -0.39 is 6.10 Å². The quantitative estimate of drug-likeness (QED) is 0.599. The van der Waals surface area contributed by atoms with E-state index in [1.54, 1.807) is 4.90 Å². The van der Waals surface area contributed by atoms with E-state index in [0.717, 1.165) is 12.8 Å². The highest BCUT2D eigenvalue weighted by Gasteiger charge is 2.18. The number of aliphatic hydroxyl groups excluding tert-OH is 1. The number of hydrogen-bond donors (Lipinski definition) is 1. The molecular weight excluding hydrogens is 214 g/mol. The van der Waals surface area contributed by atoms with Gasteiger partial charge in [-0.05, 0) is 20.3 Å². The molecule has 1 atom stereocenters. The molecule has 3 nitrogen and oxygen atoms in total. The molecule has 0 saturated heterocycles. The van der Waals surface area contributed by atoms with Crippen LogP contribution in [0.15, 0.2) is 0 Å². The molecule has 17 heavy (non-hydrogen) atoms. The van der Waals surface area contributed by atoms with Crippen molar-refractivity contribution >= 4 is 5.91 Å². The van der Waals surface area contributed by atoms with Crippen molar-refractivity contribution in [2.45, 2.75) is 71.8 Å². The van der Waals surface area contributed by atoms with Crippen LogP contribution < -0.4 is 0 Å². The van der Waals surface area contributed by atoms with Crippen LogP contribution in [0.3, 0.4) is 0 Å². The maximum Gasteiger partial charge on any atom is 0.251 e. The van der Waals surface area contributed by atoms with Crippen molar-refractivity contribution in [1.82, 2.24) is 4.90 Å². The van der Waals surface area contributed by atoms with Crippen molar-refractivity contribution in [3.05, 3.63) is 0 Å². The predicted molar refractivity (Wildman–Crippen MR) is 71.9 cm³/mol. The molecule has 0 radical (unpaired) electrons. The smallest absolute Gasteiger partial charge is 0.251 e. The fraction of sp³-hybridized carbons (Fsp3) is 0.929. The van der Waals surface area contributed by atoms with Crippen LogP contribution in [-0.4, -0.2) is 35.1 Å². The van der Waals surface area contributed by atoms with E-state index in [-0.39, 0.29) is 5.91 Å². The topological polar surface area (TPSA) is 40.5 Å². The summed E-state index contributed by atoms with van der Waals surface area (Å²) in [6.07, 6.45) is 6.95. The second kappa shape index (κ2) is 10.6. The molecule has 0 saturated carbocycles. The molecule has 0 aliphatic rings. The molecule has 0 heterocycles. The summed E-state index contributed by atoms with van der Waals surface area (Å²) >= 11 is 0. The molecule has 1 amide bonds. The van der Waals surface area contributed by atoms with E-state index in [1.165, 1.54) is 25.7 Å². The van der Waals surface area contributed by atoms with Crippen LogP contribution in [0.25, 0.3) is 0 Å². The molecule has 102 valence electrons. The Labute approximate surface area is 106 Å². The minimum Gasteiger partial charge on any atom is -0.383 e. The van der Waals surface area contributed by atoms with Gasteiger partial charge in [-0.25, -0.2) is 0 Å². The van der Waals surface area contributed by atoms with Gasteiger partial charge in [0.2, 0.25) is 0 Å². The molecule has 3 heteroatoms. The molecule has 0 rings (SSSR count). The number of rotatable bonds is 10. The maximum atomic E-state index is 11.7. The van der Waals surface area contributed by atoms with Crippen LogP contribution >= 0.6 is 0 Å². The minimum atomic E-state index is -0.791. The highest BCUT2D eigenvalue weighted by molar-refractivity contribution is 5.80. The third kappa shape index (κ3) is 7.37. The molecule has 1 unspecified atom stereocenters. The maximum absolute atomic E-state index is 11.7. The molecule has 0 aliphatic heterocycles. The van der Waals surface area contributed by atoms with Gasteiger partial charge in [0.1, 0.15) is 6.10 Å². The molecule has 0 aromatic carbocycles. The van der Waals surface area contributed by atoms with E-state index in [4.69, 9.17) is 0 Å². The van der Waals surface area contributed by atoms with E-state index in [2.05, 4.69) is 6.92 Å². The van der Waals surface area contributed by atoms with Gasteiger partial charge < -0.3 is 10.0 Å². The Hall–Kier alpha value is -0.570. The van der Waals surface area contributed by atoms with Gasteiger partial charge in [-0.15, -0.1) is 0 Å². The average Bonchev–Trinajstić information content (AvgIpc) is 2.34. The molecule has 1 N–H and O–H groups in total. The first-order chi connectivity index (χ1) is 8.17. The van der Waals surface area contributed by atoms with Gasteiger partial charge in [-0.2, -0.15) is 0 Å². The van der Waals surface area contributed by atoms with Crippen molar-refractivity contribution in [3.8, 4) is 0 Å². The summed E-state index contributed by atoms with van der Waals surface area (Å²) in [4.78, 5) is 13.4. The summed E-state index contributed by atoms with van der Waals surface area (Å²) in [6, 6.07) is 0. The lowest BCUT2D eigenvalue weighted by atomic mass is 10.1. The SMILES string of the molecule is CCCCCCCCC(O)C(=O)N(CC)CC. The Kier molecular flexibility index (Phi) is 10.2. The molecule has 0 bridgehead atoms. The number of hydrogen-bond acceptors (Lipinski definition) is 2. The zero-order valence-corrected chi connectivity index (χ0v) is 11.7. The van der Waals surface area contributed by atoms with Crippen LogP contribution in [0.1, 0.15) is 65.7 Å². The zero-order valence-electron chi connectivity index (χ0n) is 11.7. The number of amides is 1. The van der Waals surface area contributed by atoms with Gasteiger partial charge in [0.05, 0.1) is 0 Å². The average molecular weight is 243 g/mol. The lowest BCUT2D eigenvalue weighted by molar-refractivity contribution is -0.140. The fourth-order valence-electron chi connectivity index (χ4n) is 1.99. The van der Waals surface area contributed by atoms with E-state index in [9.17, 15) is 9.90 Å². The van der Waals surface area contributed by atoms with Crippen LogP contribution in [-0.2, 0) is 4.79 Å². The minimum absolute atomic E-state index is 0.108. The molecule has 0 aromatic rings. The van der Waals surface area contributed by atoms with E-state index in [0.29, 0.717) is 19.5 Å². The normalized spacial score (nSPS) is 12.5. The van der Waals surface area contributed by atoms with Crippen LogP contribution in [0.5, 0.6) is 0 Å². The first-order valence-corrected chi connectivity index (χ1v) is 7.14. The molecule has 0 aromatic heterocycles. The van der Waals surface area contributed by atoms with Crippen LogP contribution in [0, 0.1) is 0 Å².